The van der Waals surface area contributed by atoms with E-state index in [2.05, 4.69) is 29.6 Å². The molecule has 2 aliphatic rings. The number of rotatable bonds is 3. The van der Waals surface area contributed by atoms with Crippen molar-refractivity contribution in [3.63, 3.8) is 0 Å². The maximum atomic E-state index is 6.47. The molecule has 0 aliphatic carbocycles. The number of thiophene rings is 1. The molecule has 0 spiro atoms. The van der Waals surface area contributed by atoms with Gasteiger partial charge in [0.2, 0.25) is 0 Å². The number of hydrogen-bond donors (Lipinski definition) is 1. The first-order valence-corrected chi connectivity index (χ1v) is 8.05. The highest BCUT2D eigenvalue weighted by molar-refractivity contribution is 7.17. The zero-order chi connectivity index (χ0) is 12.8. The Bertz CT molecular complexity index is 593. The monoisotopic (exact) mass is 273 g/mol. The van der Waals surface area contributed by atoms with Gasteiger partial charge in [-0.1, -0.05) is 18.2 Å². The van der Waals surface area contributed by atoms with Gasteiger partial charge in [-0.3, -0.25) is 0 Å². The number of hydrogen-bond acceptors (Lipinski definition) is 3. The Morgan fingerprint density at radius 2 is 2.21 bits per heavy atom. The van der Waals surface area contributed by atoms with Crippen LogP contribution >= 0.6 is 11.3 Å². The molecular weight excluding hydrogens is 254 g/mol. The summed E-state index contributed by atoms with van der Waals surface area (Å²) in [6.45, 7) is 0. The van der Waals surface area contributed by atoms with Crippen molar-refractivity contribution in [3.8, 4) is 0 Å². The van der Waals surface area contributed by atoms with Crippen LogP contribution in [0.15, 0.2) is 29.6 Å². The Kier molecular flexibility index (Phi) is 2.87. The van der Waals surface area contributed by atoms with Crippen molar-refractivity contribution in [2.45, 2.75) is 43.9 Å². The number of fused-ring (bicyclic) bond motifs is 3. The van der Waals surface area contributed by atoms with Gasteiger partial charge >= 0.3 is 0 Å². The minimum atomic E-state index is 0.244. The van der Waals surface area contributed by atoms with Crippen LogP contribution in [-0.4, -0.2) is 18.2 Å². The molecule has 2 saturated heterocycles. The van der Waals surface area contributed by atoms with Crippen molar-refractivity contribution in [2.24, 2.45) is 11.7 Å². The lowest BCUT2D eigenvalue weighted by Gasteiger charge is -2.25. The average molecular weight is 273 g/mol. The van der Waals surface area contributed by atoms with Gasteiger partial charge in [0.05, 0.1) is 12.2 Å². The maximum Gasteiger partial charge on any atom is 0.0623 e. The van der Waals surface area contributed by atoms with Crippen LogP contribution < -0.4 is 5.73 Å². The SMILES string of the molecule is NC(Cc1csc2ccccc12)C1CC2CCC1O2. The van der Waals surface area contributed by atoms with Gasteiger partial charge in [0.15, 0.2) is 0 Å². The van der Waals surface area contributed by atoms with Crippen molar-refractivity contribution in [2.75, 3.05) is 0 Å². The molecule has 2 aromatic rings. The molecule has 2 bridgehead atoms. The molecule has 1 aromatic heterocycles. The predicted octanol–water partition coefficient (Wildman–Crippen LogP) is 3.34. The van der Waals surface area contributed by atoms with E-state index in [1.54, 1.807) is 0 Å². The van der Waals surface area contributed by atoms with Crippen LogP contribution in [0.3, 0.4) is 0 Å². The minimum absolute atomic E-state index is 0.244. The fraction of sp³-hybridized carbons (Fsp3) is 0.500. The van der Waals surface area contributed by atoms with Gasteiger partial charge in [0.25, 0.3) is 0 Å². The van der Waals surface area contributed by atoms with Crippen LogP contribution in [0, 0.1) is 5.92 Å². The molecule has 0 saturated carbocycles. The molecule has 2 fully saturated rings. The Balaban J connectivity index is 1.54. The third-order valence-corrected chi connectivity index (χ3v) is 5.73. The van der Waals surface area contributed by atoms with Gasteiger partial charge in [-0.2, -0.15) is 0 Å². The summed E-state index contributed by atoms with van der Waals surface area (Å²) in [5.74, 6) is 0.567. The van der Waals surface area contributed by atoms with E-state index >= 15 is 0 Å². The van der Waals surface area contributed by atoms with Crippen molar-refractivity contribution in [1.29, 1.82) is 0 Å². The van der Waals surface area contributed by atoms with Gasteiger partial charge in [-0.25, -0.2) is 0 Å². The van der Waals surface area contributed by atoms with E-state index in [0.717, 1.165) is 6.42 Å². The van der Waals surface area contributed by atoms with Crippen molar-refractivity contribution < 1.29 is 4.74 Å². The maximum absolute atomic E-state index is 6.47. The topological polar surface area (TPSA) is 35.2 Å². The molecule has 0 amide bonds. The Morgan fingerprint density at radius 1 is 1.32 bits per heavy atom. The van der Waals surface area contributed by atoms with Crippen molar-refractivity contribution in [1.82, 2.24) is 0 Å². The summed E-state index contributed by atoms with van der Waals surface area (Å²) >= 11 is 1.83. The summed E-state index contributed by atoms with van der Waals surface area (Å²) in [5.41, 5.74) is 7.89. The minimum Gasteiger partial charge on any atom is -0.375 e. The van der Waals surface area contributed by atoms with E-state index in [-0.39, 0.29) is 6.04 Å². The van der Waals surface area contributed by atoms with E-state index in [1.807, 2.05) is 11.3 Å². The van der Waals surface area contributed by atoms with Crippen LogP contribution in [-0.2, 0) is 11.2 Å². The Hall–Kier alpha value is -0.900. The third-order valence-electron chi connectivity index (χ3n) is 4.72. The summed E-state index contributed by atoms with van der Waals surface area (Å²) in [6.07, 6.45) is 5.56. The fourth-order valence-electron chi connectivity index (χ4n) is 3.72. The van der Waals surface area contributed by atoms with Gasteiger partial charge in [0.1, 0.15) is 0 Å². The van der Waals surface area contributed by atoms with Crippen LogP contribution in [0.5, 0.6) is 0 Å². The largest absolute Gasteiger partial charge is 0.375 e. The highest BCUT2D eigenvalue weighted by Gasteiger charge is 2.43. The molecule has 19 heavy (non-hydrogen) atoms. The van der Waals surface area contributed by atoms with E-state index in [1.165, 1.54) is 34.9 Å². The summed E-state index contributed by atoms with van der Waals surface area (Å²) in [7, 11) is 0. The second-order valence-electron chi connectivity index (χ2n) is 5.90. The first kappa shape index (κ1) is 11.9. The Labute approximate surface area is 117 Å². The van der Waals surface area contributed by atoms with Crippen LogP contribution in [0.1, 0.15) is 24.8 Å². The molecule has 3 heteroatoms. The zero-order valence-corrected chi connectivity index (χ0v) is 11.7. The van der Waals surface area contributed by atoms with Gasteiger partial charge in [-0.15, -0.1) is 11.3 Å². The smallest absolute Gasteiger partial charge is 0.0623 e. The van der Waals surface area contributed by atoms with Crippen LogP contribution in [0.25, 0.3) is 10.1 Å². The van der Waals surface area contributed by atoms with Crippen LogP contribution in [0.2, 0.25) is 0 Å². The average Bonchev–Trinajstić information content (AvgIpc) is 3.14. The number of benzene rings is 1. The second kappa shape index (κ2) is 4.58. The molecule has 3 heterocycles. The molecule has 100 valence electrons. The summed E-state index contributed by atoms with van der Waals surface area (Å²) < 4.78 is 7.30. The van der Waals surface area contributed by atoms with Crippen LogP contribution in [0.4, 0.5) is 0 Å². The molecule has 0 radical (unpaired) electrons. The highest BCUT2D eigenvalue weighted by atomic mass is 32.1. The summed E-state index contributed by atoms with van der Waals surface area (Å²) in [5, 5.41) is 3.66. The van der Waals surface area contributed by atoms with E-state index in [4.69, 9.17) is 10.5 Å². The van der Waals surface area contributed by atoms with Gasteiger partial charge in [0, 0.05) is 16.7 Å². The van der Waals surface area contributed by atoms with Crippen molar-refractivity contribution >= 4 is 21.4 Å². The van der Waals surface area contributed by atoms with Gasteiger partial charge in [-0.05, 0) is 48.1 Å². The number of ether oxygens (including phenoxy) is 1. The van der Waals surface area contributed by atoms with E-state index in [0.29, 0.717) is 18.1 Å². The lowest BCUT2D eigenvalue weighted by atomic mass is 9.82. The Morgan fingerprint density at radius 3 is 3.00 bits per heavy atom. The molecule has 2 N–H and O–H groups in total. The molecular formula is C16H19NOS. The van der Waals surface area contributed by atoms with E-state index in [9.17, 15) is 0 Å². The predicted molar refractivity (Wildman–Crippen MR) is 79.5 cm³/mol. The van der Waals surface area contributed by atoms with E-state index < -0.39 is 0 Å². The first-order valence-electron chi connectivity index (χ1n) is 7.17. The summed E-state index contributed by atoms with van der Waals surface area (Å²) in [4.78, 5) is 0. The quantitative estimate of drug-likeness (QED) is 0.931. The second-order valence-corrected chi connectivity index (χ2v) is 6.81. The normalized spacial score (nSPS) is 31.1. The fourth-order valence-corrected chi connectivity index (χ4v) is 4.70. The first-order chi connectivity index (χ1) is 9.31. The lowest BCUT2D eigenvalue weighted by Crippen LogP contribution is -2.37. The molecule has 1 aromatic carbocycles. The molecule has 4 unspecified atom stereocenters. The number of nitrogens with two attached hydrogens (primary N) is 1. The lowest BCUT2D eigenvalue weighted by molar-refractivity contribution is 0.0885. The summed E-state index contributed by atoms with van der Waals surface area (Å²) in [6, 6.07) is 8.87. The molecule has 4 rings (SSSR count). The zero-order valence-electron chi connectivity index (χ0n) is 10.9. The molecule has 4 atom stereocenters. The molecule has 2 aliphatic heterocycles. The van der Waals surface area contributed by atoms with Crippen molar-refractivity contribution in [3.05, 3.63) is 35.2 Å². The highest BCUT2D eigenvalue weighted by Crippen LogP contribution is 2.41. The third kappa shape index (κ3) is 2.00. The van der Waals surface area contributed by atoms with Gasteiger partial charge < -0.3 is 10.5 Å². The molecule has 2 nitrogen and oxygen atoms in total. The standard InChI is InChI=1S/C16H19NOS/c17-14(13-8-11-5-6-15(13)18-11)7-10-9-19-16-4-2-1-3-12(10)16/h1-4,9,11,13-15H,5-8,17H2.